The average Bonchev–Trinajstić information content (AvgIpc) is 3.01. The van der Waals surface area contributed by atoms with Gasteiger partial charge in [-0.05, 0) is 44.0 Å². The predicted molar refractivity (Wildman–Crippen MR) is 106 cm³/mol. The number of hydrogen-bond acceptors (Lipinski definition) is 7. The van der Waals surface area contributed by atoms with Gasteiger partial charge in [0.15, 0.2) is 18.3 Å². The van der Waals surface area contributed by atoms with E-state index in [0.717, 1.165) is 26.2 Å². The van der Waals surface area contributed by atoms with E-state index in [1.807, 2.05) is 32.0 Å². The minimum Gasteiger partial charge on any atom is -0.457 e. The Hall–Kier alpha value is -1.69. The van der Waals surface area contributed by atoms with Crippen molar-refractivity contribution in [1.29, 1.82) is 5.26 Å². The number of hydrogen-bond donors (Lipinski definition) is 0. The van der Waals surface area contributed by atoms with Crippen LogP contribution in [0, 0.1) is 32.1 Å². The number of Topliss-reactive ketones (excluding diaryl/α,β-unsaturated/α-hetero) is 1. The van der Waals surface area contributed by atoms with Crippen molar-refractivity contribution in [3.8, 4) is 6.07 Å². The topological polar surface area (TPSA) is 80.0 Å². The first-order chi connectivity index (χ1) is 12.3. The summed E-state index contributed by atoms with van der Waals surface area (Å²) in [5.41, 5.74) is 2.89. The lowest BCUT2D eigenvalue weighted by Crippen LogP contribution is -2.20. The van der Waals surface area contributed by atoms with E-state index < -0.39 is 24.3 Å². The monoisotopic (exact) mass is 452 g/mol. The first kappa shape index (κ1) is 20.6. The van der Waals surface area contributed by atoms with E-state index in [9.17, 15) is 14.9 Å². The molecule has 0 aliphatic rings. The zero-order valence-corrected chi connectivity index (χ0v) is 17.8. The van der Waals surface area contributed by atoms with Crippen LogP contribution in [0.25, 0.3) is 0 Å². The Labute approximate surface area is 168 Å². The third-order valence-corrected chi connectivity index (χ3v) is 6.52. The quantitative estimate of drug-likeness (QED) is 0.458. The molecule has 0 saturated carbocycles. The van der Waals surface area contributed by atoms with Crippen molar-refractivity contribution >= 4 is 50.8 Å². The zero-order chi connectivity index (χ0) is 19.3. The van der Waals surface area contributed by atoms with E-state index in [0.29, 0.717) is 5.01 Å². The van der Waals surface area contributed by atoms with Gasteiger partial charge >= 0.3 is 5.97 Å². The summed E-state index contributed by atoms with van der Waals surface area (Å²) in [6.07, 6.45) is 0. The molecule has 0 aliphatic heterocycles. The third kappa shape index (κ3) is 5.40. The number of esters is 1. The molecule has 2 rings (SSSR count). The number of thiazole rings is 1. The molecule has 0 bridgehead atoms. The van der Waals surface area contributed by atoms with Crippen molar-refractivity contribution in [3.05, 3.63) is 43.8 Å². The summed E-state index contributed by atoms with van der Waals surface area (Å²) < 4.78 is 6.06. The summed E-state index contributed by atoms with van der Waals surface area (Å²) in [4.78, 5) is 29.2. The van der Waals surface area contributed by atoms with Crippen molar-refractivity contribution in [2.45, 2.75) is 31.6 Å². The Balaban J connectivity index is 1.87. The number of benzene rings is 1. The van der Waals surface area contributed by atoms with Gasteiger partial charge in [-0.3, -0.25) is 9.59 Å². The summed E-state index contributed by atoms with van der Waals surface area (Å²) in [6.45, 7) is 5.32. The van der Waals surface area contributed by atoms with Gasteiger partial charge in [-0.2, -0.15) is 5.26 Å². The molecule has 5 nitrogen and oxygen atoms in total. The molecule has 0 amide bonds. The van der Waals surface area contributed by atoms with E-state index in [2.05, 4.69) is 20.9 Å². The molecule has 1 heterocycles. The molecule has 1 atom stereocenters. The van der Waals surface area contributed by atoms with E-state index in [1.54, 1.807) is 12.3 Å². The Morgan fingerprint density at radius 3 is 2.69 bits per heavy atom. The van der Waals surface area contributed by atoms with Crippen LogP contribution in [-0.4, -0.2) is 29.1 Å². The Bertz CT molecular complexity index is 874. The smallest absolute Gasteiger partial charge is 0.316 e. The second-order valence-corrected chi connectivity index (χ2v) is 8.43. The zero-order valence-electron chi connectivity index (χ0n) is 14.5. The van der Waals surface area contributed by atoms with E-state index in [-0.39, 0.29) is 5.75 Å². The van der Waals surface area contributed by atoms with Gasteiger partial charge in [-0.1, -0.05) is 15.9 Å². The molecule has 2 aromatic rings. The number of aromatic nitrogens is 1. The molecule has 0 N–H and O–H groups in total. The fraction of sp³-hybridized carbons (Fsp3) is 0.333. The summed E-state index contributed by atoms with van der Waals surface area (Å²) in [5, 5.41) is 11.4. The van der Waals surface area contributed by atoms with Crippen molar-refractivity contribution < 1.29 is 14.3 Å². The molecule has 26 heavy (non-hydrogen) atoms. The van der Waals surface area contributed by atoms with Gasteiger partial charge in [0.1, 0.15) is 5.01 Å². The molecule has 8 heteroatoms. The maximum absolute atomic E-state index is 12.2. The minimum atomic E-state index is -0.995. The lowest BCUT2D eigenvalue weighted by atomic mass is 10.1. The van der Waals surface area contributed by atoms with Crippen LogP contribution in [0.5, 0.6) is 0 Å². The number of halogens is 1. The van der Waals surface area contributed by atoms with Crippen molar-refractivity contribution in [2.24, 2.45) is 0 Å². The second kappa shape index (κ2) is 9.31. The number of thioether (sulfide) groups is 1. The van der Waals surface area contributed by atoms with Gasteiger partial charge in [0, 0.05) is 20.4 Å². The number of rotatable bonds is 7. The van der Waals surface area contributed by atoms with Crippen LogP contribution in [0.2, 0.25) is 0 Å². The highest BCUT2D eigenvalue weighted by atomic mass is 79.9. The number of carbonyl (C=O) groups is 2. The molecule has 0 radical (unpaired) electrons. The molecule has 0 unspecified atom stereocenters. The summed E-state index contributed by atoms with van der Waals surface area (Å²) in [5.74, 6) is -1.85. The molecule has 0 spiro atoms. The van der Waals surface area contributed by atoms with Crippen molar-refractivity contribution in [2.75, 3.05) is 12.4 Å². The lowest BCUT2D eigenvalue weighted by molar-refractivity contribution is -0.145. The first-order valence-corrected chi connectivity index (χ1v) is 10.4. The molecule has 0 aliphatic carbocycles. The van der Waals surface area contributed by atoms with Crippen LogP contribution >= 0.6 is 39.0 Å². The van der Waals surface area contributed by atoms with Gasteiger partial charge in [0.2, 0.25) is 0 Å². The van der Waals surface area contributed by atoms with Gasteiger partial charge in [0.25, 0.3) is 0 Å². The highest BCUT2D eigenvalue weighted by Gasteiger charge is 2.24. The van der Waals surface area contributed by atoms with Crippen LogP contribution in [-0.2, 0) is 14.3 Å². The number of carbonyl (C=O) groups excluding carboxylic acids is 2. The molecular weight excluding hydrogens is 436 g/mol. The number of ketones is 1. The van der Waals surface area contributed by atoms with E-state index in [4.69, 9.17) is 4.74 Å². The molecule has 136 valence electrons. The average molecular weight is 453 g/mol. The summed E-state index contributed by atoms with van der Waals surface area (Å²) in [6, 6.07) is 5.93. The number of ether oxygens (including phenoxy) is 1. The number of aryl methyl sites for hydroxylation is 3. The standard InChI is InChI=1S/C18H17BrN2O3S2/c1-10-5-16(11(2)4-14(10)19)25-9-17(23)24-7-15(22)13(6-20)18-21-12(3)8-26-18/h4-5,8,13H,7,9H2,1-3H3/t13-/m1/s1. The lowest BCUT2D eigenvalue weighted by Gasteiger charge is -2.09. The fourth-order valence-corrected chi connectivity index (χ4v) is 4.32. The third-order valence-electron chi connectivity index (χ3n) is 3.51. The Kier molecular flexibility index (Phi) is 7.38. The van der Waals surface area contributed by atoms with Crippen molar-refractivity contribution in [3.63, 3.8) is 0 Å². The highest BCUT2D eigenvalue weighted by molar-refractivity contribution is 9.10. The summed E-state index contributed by atoms with van der Waals surface area (Å²) >= 11 is 6.09. The Morgan fingerprint density at radius 1 is 1.35 bits per heavy atom. The number of nitrogens with zero attached hydrogens (tertiary/aromatic N) is 2. The van der Waals surface area contributed by atoms with Crippen LogP contribution in [0.15, 0.2) is 26.9 Å². The molecule has 0 fully saturated rings. The minimum absolute atomic E-state index is 0.1000. The summed E-state index contributed by atoms with van der Waals surface area (Å²) in [7, 11) is 0. The van der Waals surface area contributed by atoms with Crippen molar-refractivity contribution in [1.82, 2.24) is 4.98 Å². The van der Waals surface area contributed by atoms with Gasteiger partial charge in [-0.15, -0.1) is 23.1 Å². The fourth-order valence-electron chi connectivity index (χ4n) is 2.09. The molecule has 0 saturated heterocycles. The first-order valence-electron chi connectivity index (χ1n) is 7.71. The maximum Gasteiger partial charge on any atom is 0.316 e. The Morgan fingerprint density at radius 2 is 2.08 bits per heavy atom. The van der Waals surface area contributed by atoms with E-state index >= 15 is 0 Å². The normalized spacial score (nSPS) is 11.7. The number of nitriles is 1. The maximum atomic E-state index is 12.2. The van der Waals surface area contributed by atoms with Crippen LogP contribution in [0.4, 0.5) is 0 Å². The van der Waals surface area contributed by atoms with E-state index in [1.165, 1.54) is 23.1 Å². The SMILES string of the molecule is Cc1csc([C@H](C#N)C(=O)COC(=O)CSc2cc(C)c(Br)cc2C)n1. The second-order valence-electron chi connectivity index (χ2n) is 5.67. The van der Waals surface area contributed by atoms with Crippen LogP contribution < -0.4 is 0 Å². The highest BCUT2D eigenvalue weighted by Crippen LogP contribution is 2.28. The largest absolute Gasteiger partial charge is 0.457 e. The predicted octanol–water partition coefficient (Wildman–Crippen LogP) is 4.34. The molecule has 1 aromatic carbocycles. The van der Waals surface area contributed by atoms with Gasteiger partial charge in [0.05, 0.1) is 11.8 Å². The van der Waals surface area contributed by atoms with Crippen LogP contribution in [0.1, 0.15) is 27.7 Å². The molecular formula is C18H17BrN2O3S2. The van der Waals surface area contributed by atoms with Gasteiger partial charge in [-0.25, -0.2) is 4.98 Å². The molecule has 1 aromatic heterocycles. The van der Waals surface area contributed by atoms with Crippen LogP contribution in [0.3, 0.4) is 0 Å². The van der Waals surface area contributed by atoms with Gasteiger partial charge < -0.3 is 4.74 Å².